The van der Waals surface area contributed by atoms with E-state index in [9.17, 15) is 19.2 Å². The van der Waals surface area contributed by atoms with E-state index >= 15 is 0 Å². The molecule has 0 amide bonds. The first kappa shape index (κ1) is 26.4. The highest BCUT2D eigenvalue weighted by Crippen LogP contribution is 2.00. The molecule has 29 heavy (non-hydrogen) atoms. The zero-order valence-electron chi connectivity index (χ0n) is 17.3. The van der Waals surface area contributed by atoms with E-state index in [-0.39, 0.29) is 39.6 Å². The highest BCUT2D eigenvalue weighted by Gasteiger charge is 2.20. The molecule has 0 radical (unpaired) electrons. The van der Waals surface area contributed by atoms with E-state index in [4.69, 9.17) is 33.2 Å². The Morgan fingerprint density at radius 1 is 0.586 bits per heavy atom. The molecule has 0 aliphatic carbocycles. The maximum Gasteiger partial charge on any atom is 0.509 e. The Hall–Kier alpha value is -2.56. The van der Waals surface area contributed by atoms with E-state index in [2.05, 4.69) is 0 Å². The van der Waals surface area contributed by atoms with Crippen LogP contribution < -0.4 is 0 Å². The predicted octanol–water partition coefficient (Wildman–Crippen LogP) is 1.99. The number of carbonyl (C=O) groups excluding carboxylic acids is 4. The van der Waals surface area contributed by atoms with Crippen LogP contribution in [-0.2, 0) is 42.7 Å². The van der Waals surface area contributed by atoms with Crippen molar-refractivity contribution >= 4 is 24.2 Å². The molecule has 0 spiro atoms. The molecular weight excluding hydrogens is 392 g/mol. The third-order valence-corrected chi connectivity index (χ3v) is 3.00. The van der Waals surface area contributed by atoms with Gasteiger partial charge in [0.15, 0.2) is 12.2 Å². The molecule has 0 aliphatic heterocycles. The molecule has 0 saturated carbocycles. The van der Waals surface area contributed by atoms with Crippen LogP contribution in [0.25, 0.3) is 0 Å². The average molecular weight is 422 g/mol. The van der Waals surface area contributed by atoms with Crippen molar-refractivity contribution in [2.75, 3.05) is 39.6 Å². The quantitative estimate of drug-likeness (QED) is 0.231. The molecular formula is C18H30O11. The lowest BCUT2D eigenvalue weighted by atomic mass is 10.4. The summed E-state index contributed by atoms with van der Waals surface area (Å²) >= 11 is 0. The van der Waals surface area contributed by atoms with Crippen molar-refractivity contribution in [3.05, 3.63) is 0 Å². The molecule has 0 aromatic carbocycles. The fourth-order valence-electron chi connectivity index (χ4n) is 1.56. The lowest BCUT2D eigenvalue weighted by molar-refractivity contribution is -0.154. The Balaban J connectivity index is 3.71. The van der Waals surface area contributed by atoms with Crippen molar-refractivity contribution in [3.63, 3.8) is 0 Å². The van der Waals surface area contributed by atoms with Crippen LogP contribution in [0.15, 0.2) is 0 Å². The minimum Gasteiger partial charge on any atom is -0.463 e. The highest BCUT2D eigenvalue weighted by atomic mass is 16.7. The van der Waals surface area contributed by atoms with Gasteiger partial charge < -0.3 is 33.2 Å². The Bertz CT molecular complexity index is 462. The number of ether oxygens (including phenoxy) is 7. The standard InChI is InChI=1S/C18H30O11/c1-5-7-24-15(19)13(3)28-17(21)26-11-9-23-10-12-27-18(22)29-14(4)16(20)25-8-6-2/h13-14H,5-12H2,1-4H3. The van der Waals surface area contributed by atoms with Crippen molar-refractivity contribution in [2.45, 2.75) is 52.7 Å². The number of rotatable bonds is 14. The largest absolute Gasteiger partial charge is 0.509 e. The molecule has 11 nitrogen and oxygen atoms in total. The topological polar surface area (TPSA) is 133 Å². The van der Waals surface area contributed by atoms with Gasteiger partial charge in [-0.1, -0.05) is 13.8 Å². The van der Waals surface area contributed by atoms with Crippen molar-refractivity contribution in [1.82, 2.24) is 0 Å². The molecule has 0 N–H and O–H groups in total. The van der Waals surface area contributed by atoms with Crippen LogP contribution in [-0.4, -0.2) is 76.1 Å². The summed E-state index contributed by atoms with van der Waals surface area (Å²) in [6, 6.07) is 0. The number of carbonyl (C=O) groups is 4. The van der Waals surface area contributed by atoms with Gasteiger partial charge in [0, 0.05) is 0 Å². The van der Waals surface area contributed by atoms with Crippen LogP contribution in [0, 0.1) is 0 Å². The molecule has 11 heteroatoms. The normalized spacial score (nSPS) is 12.3. The molecule has 0 aliphatic rings. The number of esters is 2. The molecule has 168 valence electrons. The third kappa shape index (κ3) is 14.1. The van der Waals surface area contributed by atoms with Crippen LogP contribution in [0.5, 0.6) is 0 Å². The van der Waals surface area contributed by atoms with E-state index in [1.54, 1.807) is 0 Å². The molecule has 0 rings (SSSR count). The summed E-state index contributed by atoms with van der Waals surface area (Å²) in [5.74, 6) is -1.31. The van der Waals surface area contributed by atoms with Gasteiger partial charge in [-0.3, -0.25) is 0 Å². The van der Waals surface area contributed by atoms with E-state index in [1.807, 2.05) is 13.8 Å². The lowest BCUT2D eigenvalue weighted by Gasteiger charge is -2.13. The molecule has 0 aromatic heterocycles. The van der Waals surface area contributed by atoms with E-state index in [0.29, 0.717) is 12.8 Å². The first-order chi connectivity index (χ1) is 13.8. The number of hydrogen-bond donors (Lipinski definition) is 0. The van der Waals surface area contributed by atoms with Crippen LogP contribution in [0.2, 0.25) is 0 Å². The summed E-state index contributed by atoms with van der Waals surface area (Å²) in [6.07, 6.45) is -2.89. The van der Waals surface area contributed by atoms with Crippen LogP contribution in [0.3, 0.4) is 0 Å². The minimum absolute atomic E-state index is 0.0158. The second kappa shape index (κ2) is 16.4. The van der Waals surface area contributed by atoms with Gasteiger partial charge in [-0.05, 0) is 26.7 Å². The van der Waals surface area contributed by atoms with Crippen molar-refractivity contribution < 1.29 is 52.3 Å². The summed E-state index contributed by atoms with van der Waals surface area (Å²) in [6.45, 7) is 6.69. The van der Waals surface area contributed by atoms with Gasteiger partial charge >= 0.3 is 24.2 Å². The minimum atomic E-state index is -1.07. The maximum absolute atomic E-state index is 11.4. The fraction of sp³-hybridized carbons (Fsp3) is 0.778. The van der Waals surface area contributed by atoms with Gasteiger partial charge in [-0.25, -0.2) is 19.2 Å². The van der Waals surface area contributed by atoms with Gasteiger partial charge in [0.2, 0.25) is 0 Å². The highest BCUT2D eigenvalue weighted by molar-refractivity contribution is 5.77. The first-order valence-electron chi connectivity index (χ1n) is 9.39. The Kier molecular flexibility index (Phi) is 15.0. The zero-order chi connectivity index (χ0) is 22.1. The van der Waals surface area contributed by atoms with Gasteiger partial charge in [0.25, 0.3) is 0 Å². The molecule has 0 saturated heterocycles. The van der Waals surface area contributed by atoms with E-state index in [1.165, 1.54) is 13.8 Å². The average Bonchev–Trinajstić information content (AvgIpc) is 2.68. The predicted molar refractivity (Wildman–Crippen MR) is 97.1 cm³/mol. The summed E-state index contributed by atoms with van der Waals surface area (Å²) in [5, 5.41) is 0. The smallest absolute Gasteiger partial charge is 0.463 e. The third-order valence-electron chi connectivity index (χ3n) is 3.00. The Labute approximate surface area is 169 Å². The van der Waals surface area contributed by atoms with Gasteiger partial charge in [-0.2, -0.15) is 0 Å². The van der Waals surface area contributed by atoms with Crippen molar-refractivity contribution in [1.29, 1.82) is 0 Å². The van der Waals surface area contributed by atoms with E-state index in [0.717, 1.165) is 0 Å². The zero-order valence-corrected chi connectivity index (χ0v) is 17.3. The summed E-state index contributed by atoms with van der Waals surface area (Å²) < 4.78 is 33.7. The van der Waals surface area contributed by atoms with E-state index < -0.39 is 36.5 Å². The first-order valence-corrected chi connectivity index (χ1v) is 9.39. The molecule has 0 heterocycles. The summed E-state index contributed by atoms with van der Waals surface area (Å²) in [5.41, 5.74) is 0. The SMILES string of the molecule is CCCOC(=O)C(C)OC(=O)OCCOCCOC(=O)OC(C)C(=O)OCCC. The lowest BCUT2D eigenvalue weighted by Crippen LogP contribution is -2.28. The van der Waals surface area contributed by atoms with Gasteiger partial charge in [0.1, 0.15) is 13.2 Å². The van der Waals surface area contributed by atoms with Gasteiger partial charge in [0.05, 0.1) is 26.4 Å². The summed E-state index contributed by atoms with van der Waals surface area (Å²) in [7, 11) is 0. The maximum atomic E-state index is 11.4. The summed E-state index contributed by atoms with van der Waals surface area (Å²) in [4.78, 5) is 45.7. The molecule has 2 atom stereocenters. The monoisotopic (exact) mass is 422 g/mol. The second-order valence-corrected chi connectivity index (χ2v) is 5.66. The second-order valence-electron chi connectivity index (χ2n) is 5.66. The van der Waals surface area contributed by atoms with Crippen molar-refractivity contribution in [3.8, 4) is 0 Å². The van der Waals surface area contributed by atoms with Crippen LogP contribution in [0.1, 0.15) is 40.5 Å². The molecule has 0 fully saturated rings. The molecule has 0 bridgehead atoms. The van der Waals surface area contributed by atoms with Crippen LogP contribution in [0.4, 0.5) is 9.59 Å². The Morgan fingerprint density at radius 3 is 1.31 bits per heavy atom. The molecule has 2 unspecified atom stereocenters. The van der Waals surface area contributed by atoms with Gasteiger partial charge in [-0.15, -0.1) is 0 Å². The Morgan fingerprint density at radius 2 is 0.966 bits per heavy atom. The van der Waals surface area contributed by atoms with Crippen LogP contribution >= 0.6 is 0 Å². The molecule has 0 aromatic rings. The fourth-order valence-corrected chi connectivity index (χ4v) is 1.56. The van der Waals surface area contributed by atoms with Crippen molar-refractivity contribution in [2.24, 2.45) is 0 Å². The number of hydrogen-bond acceptors (Lipinski definition) is 11.